The second kappa shape index (κ2) is 22.1. The van der Waals surface area contributed by atoms with E-state index in [1.54, 1.807) is 6.26 Å². The van der Waals surface area contributed by atoms with Crippen LogP contribution in [0.2, 0.25) is 0 Å². The number of unbranched alkanes of at least 4 members (excludes halogenated alkanes) is 9. The van der Waals surface area contributed by atoms with Gasteiger partial charge in [-0.1, -0.05) is 78.1 Å². The van der Waals surface area contributed by atoms with Gasteiger partial charge in [0.15, 0.2) is 0 Å². The number of amides is 1. The molecule has 14 heteroatoms. The van der Waals surface area contributed by atoms with Crippen LogP contribution in [-0.4, -0.2) is 119 Å². The van der Waals surface area contributed by atoms with Crippen molar-refractivity contribution in [2.75, 3.05) is 26.5 Å². The van der Waals surface area contributed by atoms with Crippen molar-refractivity contribution in [3.63, 3.8) is 0 Å². The number of likely N-dealkylation sites (tertiary alicyclic amines) is 1. The summed E-state index contributed by atoms with van der Waals surface area (Å²) in [6.07, 6.45) is 10.4. The van der Waals surface area contributed by atoms with Crippen LogP contribution in [0.4, 0.5) is 0 Å². The number of carbonyl (C=O) groups is 1. The molecule has 44 heavy (non-hydrogen) atoms. The highest BCUT2D eigenvalue weighted by atomic mass is 32.3. The Kier molecular flexibility index (Phi) is 20.8. The minimum absolute atomic E-state index is 0.0926. The van der Waals surface area contributed by atoms with Crippen LogP contribution in [0.25, 0.3) is 0 Å². The van der Waals surface area contributed by atoms with Crippen molar-refractivity contribution in [1.29, 1.82) is 0 Å². The fraction of sp³-hybridized carbons (Fsp3) is 0.967. The zero-order valence-electron chi connectivity index (χ0n) is 27.3. The first-order valence-corrected chi connectivity index (χ1v) is 19.0. The summed E-state index contributed by atoms with van der Waals surface area (Å²) in [5.41, 5.74) is -0.755. The second-order valence-corrected chi connectivity index (χ2v) is 14.3. The van der Waals surface area contributed by atoms with Crippen LogP contribution in [0.3, 0.4) is 0 Å². The topological polar surface area (TPSA) is 186 Å². The molecule has 2 fully saturated rings. The van der Waals surface area contributed by atoms with Crippen molar-refractivity contribution < 1.29 is 47.1 Å². The minimum Gasteiger partial charge on any atom is -0.391 e. The van der Waals surface area contributed by atoms with E-state index in [1.807, 2.05) is 11.9 Å². The van der Waals surface area contributed by atoms with Crippen molar-refractivity contribution >= 4 is 28.1 Å². The molecule has 0 saturated carbocycles. The highest BCUT2D eigenvalue weighted by Gasteiger charge is 2.48. The lowest BCUT2D eigenvalue weighted by molar-refractivity contribution is -0.211. The van der Waals surface area contributed by atoms with E-state index in [1.165, 1.54) is 63.6 Å². The predicted molar refractivity (Wildman–Crippen MR) is 173 cm³/mol. The molecule has 2 rings (SSSR count). The molecule has 262 valence electrons. The zero-order valence-corrected chi connectivity index (χ0v) is 29.0. The average molecular weight is 673 g/mol. The van der Waals surface area contributed by atoms with Gasteiger partial charge in [-0.25, -0.2) is 4.18 Å². The summed E-state index contributed by atoms with van der Waals surface area (Å²) in [6.45, 7) is 6.79. The Balaban J connectivity index is 0.000000493. The van der Waals surface area contributed by atoms with E-state index < -0.39 is 52.4 Å². The molecule has 2 aliphatic heterocycles. The fourth-order valence-electron chi connectivity index (χ4n) is 5.89. The van der Waals surface area contributed by atoms with Crippen LogP contribution < -0.4 is 5.32 Å². The van der Waals surface area contributed by atoms with E-state index in [0.29, 0.717) is 12.3 Å². The van der Waals surface area contributed by atoms with E-state index in [2.05, 4.69) is 23.3 Å². The summed E-state index contributed by atoms with van der Waals surface area (Å²) in [5.74, 6) is 0.245. The summed E-state index contributed by atoms with van der Waals surface area (Å²) in [4.78, 5) is 14.9. The molecular weight excluding hydrogens is 612 g/mol. The molecule has 2 heterocycles. The fourth-order valence-corrected chi connectivity index (χ4v) is 6.89. The summed E-state index contributed by atoms with van der Waals surface area (Å²) in [7, 11) is -2.32. The molecule has 0 aromatic heterocycles. The van der Waals surface area contributed by atoms with E-state index in [-0.39, 0.29) is 18.6 Å². The summed E-state index contributed by atoms with van der Waals surface area (Å²) >= 11 is 1.20. The highest BCUT2D eigenvalue weighted by molar-refractivity contribution is 7.99. The lowest BCUT2D eigenvalue weighted by Crippen LogP contribution is -2.65. The molecule has 6 N–H and O–H groups in total. The molecule has 2 saturated heterocycles. The van der Waals surface area contributed by atoms with Crippen LogP contribution in [0.5, 0.6) is 0 Å². The van der Waals surface area contributed by atoms with Crippen molar-refractivity contribution in [1.82, 2.24) is 10.2 Å². The minimum atomic E-state index is -4.23. The molecule has 12 nitrogen and oxygen atoms in total. The number of rotatable bonds is 19. The molecule has 0 radical (unpaired) electrons. The quantitative estimate of drug-likeness (QED) is 0.0872. The lowest BCUT2D eigenvalue weighted by atomic mass is 9.92. The third kappa shape index (κ3) is 15.4. The molecule has 2 aliphatic rings. The molecule has 9 atom stereocenters. The highest BCUT2D eigenvalue weighted by Crippen LogP contribution is 2.30. The third-order valence-corrected chi connectivity index (χ3v) is 9.71. The van der Waals surface area contributed by atoms with Gasteiger partial charge in [-0.15, -0.1) is 11.8 Å². The van der Waals surface area contributed by atoms with Gasteiger partial charge in [0.25, 0.3) is 0 Å². The Bertz CT molecular complexity index is 880. The molecule has 1 amide bonds. The van der Waals surface area contributed by atoms with Gasteiger partial charge < -0.3 is 30.5 Å². The standard InChI is InChI=1S/C18H34N2O6S.C12H26O4S/c1-5-6-10-7-11(20(3)8-10)17(25)19-12(9(2)21)16-14(23)13(22)15(24)18(26-16)27-4;1-2-3-4-5-6-7-8-9-10-11-12-16-17(13,14)15/h9-16,18,21-24H,5-8H2,1-4H3,(H,19,25);2-12H2,1H3,(H,13,14,15)/t9?,10-,11+,12?,13+,14-,15-,16-,18-;/m1./s1. The number of thioether (sulfide) groups is 1. The van der Waals surface area contributed by atoms with Gasteiger partial charge in [-0.3, -0.25) is 14.2 Å². The Morgan fingerprint density at radius 1 is 0.977 bits per heavy atom. The summed E-state index contributed by atoms with van der Waals surface area (Å²) in [6, 6.07) is -1.20. The van der Waals surface area contributed by atoms with Gasteiger partial charge in [-0.05, 0) is 45.4 Å². The second-order valence-electron chi connectivity index (χ2n) is 12.2. The first-order valence-electron chi connectivity index (χ1n) is 16.3. The van der Waals surface area contributed by atoms with E-state index in [9.17, 15) is 33.6 Å². The number of ether oxygens (including phenoxy) is 1. The maximum absolute atomic E-state index is 12.8. The first kappa shape index (κ1) is 41.5. The van der Waals surface area contributed by atoms with Crippen molar-refractivity contribution in [2.24, 2.45) is 5.92 Å². The lowest BCUT2D eigenvalue weighted by Gasteiger charge is -2.44. The zero-order chi connectivity index (χ0) is 33.3. The number of nitrogens with zero attached hydrogens (tertiary/aromatic N) is 1. The van der Waals surface area contributed by atoms with Crippen LogP contribution in [0.1, 0.15) is 104 Å². The SMILES string of the molecule is CCCCCCCCCCCCOS(=O)(=O)O.CCC[C@@H]1C[C@@H](C(=O)NC(C(C)O)[C@H]2O[C@H](SC)[C@H](O)[C@@H](O)[C@H]2O)N(C)C1. The van der Waals surface area contributed by atoms with Gasteiger partial charge in [-0.2, -0.15) is 8.42 Å². The van der Waals surface area contributed by atoms with Gasteiger partial charge in [0.05, 0.1) is 24.8 Å². The van der Waals surface area contributed by atoms with Crippen LogP contribution in [0.15, 0.2) is 0 Å². The first-order chi connectivity index (χ1) is 20.8. The molecule has 0 aromatic carbocycles. The molecule has 0 bridgehead atoms. The monoisotopic (exact) mass is 672 g/mol. The average Bonchev–Trinajstić information content (AvgIpc) is 3.33. The summed E-state index contributed by atoms with van der Waals surface area (Å²) < 4.78 is 38.7. The molecule has 0 aromatic rings. The number of hydrogen-bond donors (Lipinski definition) is 6. The molecule has 0 spiro atoms. The van der Waals surface area contributed by atoms with Gasteiger partial charge in [0.2, 0.25) is 5.91 Å². The van der Waals surface area contributed by atoms with Gasteiger partial charge >= 0.3 is 10.4 Å². The van der Waals surface area contributed by atoms with Gasteiger partial charge in [0.1, 0.15) is 29.9 Å². The molecule has 2 unspecified atom stereocenters. The van der Waals surface area contributed by atoms with Crippen LogP contribution in [-0.2, 0) is 24.1 Å². The predicted octanol–water partition coefficient (Wildman–Crippen LogP) is 2.87. The maximum atomic E-state index is 12.8. The number of aliphatic hydroxyl groups excluding tert-OH is 4. The number of carbonyl (C=O) groups excluding carboxylic acids is 1. The Morgan fingerprint density at radius 2 is 1.55 bits per heavy atom. The maximum Gasteiger partial charge on any atom is 0.397 e. The van der Waals surface area contributed by atoms with Gasteiger partial charge in [0, 0.05) is 6.54 Å². The van der Waals surface area contributed by atoms with Crippen molar-refractivity contribution in [2.45, 2.75) is 152 Å². The largest absolute Gasteiger partial charge is 0.397 e. The van der Waals surface area contributed by atoms with E-state index in [0.717, 1.165) is 38.6 Å². The van der Waals surface area contributed by atoms with Crippen molar-refractivity contribution in [3.05, 3.63) is 0 Å². The number of hydrogen-bond acceptors (Lipinski definition) is 11. The Morgan fingerprint density at radius 3 is 2.05 bits per heavy atom. The molecule has 0 aliphatic carbocycles. The number of nitrogens with one attached hydrogen (secondary N) is 1. The van der Waals surface area contributed by atoms with Crippen LogP contribution >= 0.6 is 11.8 Å². The van der Waals surface area contributed by atoms with E-state index in [4.69, 9.17) is 9.29 Å². The third-order valence-electron chi connectivity index (χ3n) is 8.39. The van der Waals surface area contributed by atoms with Crippen molar-refractivity contribution in [3.8, 4) is 0 Å². The number of aliphatic hydroxyl groups is 4. The van der Waals surface area contributed by atoms with E-state index >= 15 is 0 Å². The smallest absolute Gasteiger partial charge is 0.391 e. The Hall–Kier alpha value is -0.550. The van der Waals surface area contributed by atoms with Crippen LogP contribution in [0, 0.1) is 5.92 Å². The normalized spacial score (nSPS) is 29.1. The molecular formula is C30H60N2O10S2. The Labute approximate surface area is 269 Å². The number of likely N-dealkylation sites (N-methyl/N-ethyl adjacent to an activating group) is 1. The summed E-state index contributed by atoms with van der Waals surface area (Å²) in [5, 5.41) is 43.5.